The molecule has 2 fully saturated rings. The second-order valence-electron chi connectivity index (χ2n) is 6.35. The zero-order valence-corrected chi connectivity index (χ0v) is 14.3. The number of carbonyl (C=O) groups excluding carboxylic acids is 1. The van der Waals surface area contributed by atoms with Crippen molar-refractivity contribution in [3.8, 4) is 0 Å². The highest BCUT2D eigenvalue weighted by atomic mass is 32.1. The number of amides is 2. The highest BCUT2D eigenvalue weighted by Crippen LogP contribution is 2.41. The van der Waals surface area contributed by atoms with Crippen LogP contribution in [0.15, 0.2) is 29.9 Å². The fourth-order valence-corrected chi connectivity index (χ4v) is 3.95. The zero-order valence-electron chi connectivity index (χ0n) is 13.4. The summed E-state index contributed by atoms with van der Waals surface area (Å²) in [5.41, 5.74) is 0.769. The maximum absolute atomic E-state index is 12.5. The lowest BCUT2D eigenvalue weighted by molar-refractivity contribution is 0.247. The predicted octanol–water partition coefficient (Wildman–Crippen LogP) is 3.41. The number of anilines is 2. The molecule has 0 spiro atoms. The van der Waals surface area contributed by atoms with E-state index in [9.17, 15) is 4.79 Å². The number of urea groups is 1. The highest BCUT2D eigenvalue weighted by Gasteiger charge is 2.35. The Hall–Kier alpha value is -2.15. The number of hydrogen-bond donors (Lipinski definition) is 2. The van der Waals surface area contributed by atoms with Crippen LogP contribution >= 0.6 is 11.3 Å². The fraction of sp³-hybridized carbons (Fsp3) is 0.471. The highest BCUT2D eigenvalue weighted by molar-refractivity contribution is 7.09. The van der Waals surface area contributed by atoms with Gasteiger partial charge in [0, 0.05) is 30.9 Å². The molecule has 2 aromatic rings. The van der Waals surface area contributed by atoms with E-state index in [-0.39, 0.29) is 12.1 Å². The molecule has 1 aliphatic heterocycles. The number of pyridine rings is 1. The summed E-state index contributed by atoms with van der Waals surface area (Å²) in [4.78, 5) is 23.6. The van der Waals surface area contributed by atoms with Crippen molar-refractivity contribution in [1.82, 2.24) is 15.3 Å². The van der Waals surface area contributed by atoms with Crippen LogP contribution < -0.4 is 15.5 Å². The van der Waals surface area contributed by atoms with Crippen molar-refractivity contribution in [3.05, 3.63) is 34.9 Å². The third kappa shape index (κ3) is 3.36. The van der Waals surface area contributed by atoms with E-state index in [0.717, 1.165) is 42.4 Å². The lowest BCUT2D eigenvalue weighted by atomic mass is 10.2. The summed E-state index contributed by atoms with van der Waals surface area (Å²) in [6.45, 7) is 1.99. The number of nitrogens with one attached hydrogen (secondary N) is 2. The molecule has 0 bridgehead atoms. The van der Waals surface area contributed by atoms with Crippen LogP contribution in [0.25, 0.3) is 0 Å². The molecule has 2 aliphatic rings. The van der Waals surface area contributed by atoms with Gasteiger partial charge in [-0.15, -0.1) is 11.3 Å². The van der Waals surface area contributed by atoms with Gasteiger partial charge in [-0.3, -0.25) is 0 Å². The van der Waals surface area contributed by atoms with E-state index < -0.39 is 0 Å². The van der Waals surface area contributed by atoms with Crippen LogP contribution in [-0.4, -0.2) is 29.1 Å². The van der Waals surface area contributed by atoms with Gasteiger partial charge in [0.2, 0.25) is 0 Å². The second-order valence-corrected chi connectivity index (χ2v) is 7.28. The maximum Gasteiger partial charge on any atom is 0.319 e. The van der Waals surface area contributed by atoms with Crippen LogP contribution in [0, 0.1) is 5.92 Å². The SMILES string of the molecule is O=C(Nc1cccnc1N1CCCC1)N[C@H](c1nccs1)C1CC1. The minimum atomic E-state index is -0.185. The Morgan fingerprint density at radius 2 is 2.08 bits per heavy atom. The summed E-state index contributed by atoms with van der Waals surface area (Å²) in [5, 5.41) is 9.02. The Kier molecular flexibility index (Phi) is 4.34. The summed E-state index contributed by atoms with van der Waals surface area (Å²) in [7, 11) is 0. The van der Waals surface area contributed by atoms with E-state index in [1.165, 1.54) is 12.8 Å². The summed E-state index contributed by atoms with van der Waals surface area (Å²) in [6.07, 6.45) is 8.22. The molecule has 0 radical (unpaired) electrons. The maximum atomic E-state index is 12.5. The molecular formula is C17H21N5OS. The molecule has 6 nitrogen and oxygen atoms in total. The normalized spacial score (nSPS) is 18.4. The van der Waals surface area contributed by atoms with Crippen LogP contribution in [0.5, 0.6) is 0 Å². The molecule has 2 N–H and O–H groups in total. The van der Waals surface area contributed by atoms with E-state index in [4.69, 9.17) is 0 Å². The van der Waals surface area contributed by atoms with Crippen molar-refractivity contribution in [1.29, 1.82) is 0 Å². The molecule has 1 saturated carbocycles. The predicted molar refractivity (Wildman–Crippen MR) is 95.4 cm³/mol. The molecule has 2 aromatic heterocycles. The molecule has 24 heavy (non-hydrogen) atoms. The molecular weight excluding hydrogens is 322 g/mol. The van der Waals surface area contributed by atoms with Crippen molar-refractivity contribution in [2.45, 2.75) is 31.7 Å². The molecule has 1 aliphatic carbocycles. The van der Waals surface area contributed by atoms with Crippen molar-refractivity contribution in [3.63, 3.8) is 0 Å². The minimum absolute atomic E-state index is 0.0110. The molecule has 0 unspecified atom stereocenters. The third-order valence-electron chi connectivity index (χ3n) is 4.54. The van der Waals surface area contributed by atoms with E-state index in [1.807, 2.05) is 17.5 Å². The van der Waals surface area contributed by atoms with Crippen LogP contribution in [0.3, 0.4) is 0 Å². The average Bonchev–Trinajstić information content (AvgIpc) is 3.06. The Bertz CT molecular complexity index is 695. The lowest BCUT2D eigenvalue weighted by Crippen LogP contribution is -2.34. The number of hydrogen-bond acceptors (Lipinski definition) is 5. The Morgan fingerprint density at radius 1 is 1.25 bits per heavy atom. The first-order valence-electron chi connectivity index (χ1n) is 8.48. The number of thiazole rings is 1. The molecule has 4 rings (SSSR count). The van der Waals surface area contributed by atoms with Crippen molar-refractivity contribution in [2.75, 3.05) is 23.3 Å². The molecule has 0 aromatic carbocycles. The van der Waals surface area contributed by atoms with E-state index >= 15 is 0 Å². The van der Waals surface area contributed by atoms with Crippen molar-refractivity contribution < 1.29 is 4.79 Å². The van der Waals surface area contributed by atoms with Crippen LogP contribution in [0.2, 0.25) is 0 Å². The van der Waals surface area contributed by atoms with Gasteiger partial charge in [0.15, 0.2) is 5.82 Å². The first kappa shape index (κ1) is 15.4. The summed E-state index contributed by atoms with van der Waals surface area (Å²) >= 11 is 1.60. The first-order chi connectivity index (χ1) is 11.8. The Morgan fingerprint density at radius 3 is 2.79 bits per heavy atom. The summed E-state index contributed by atoms with van der Waals surface area (Å²) in [5.74, 6) is 1.37. The number of rotatable bonds is 5. The summed E-state index contributed by atoms with van der Waals surface area (Å²) in [6, 6.07) is 3.59. The van der Waals surface area contributed by atoms with Gasteiger partial charge in [0.25, 0.3) is 0 Å². The number of nitrogens with zero attached hydrogens (tertiary/aromatic N) is 3. The number of aromatic nitrogens is 2. The van der Waals surface area contributed by atoms with Crippen LogP contribution in [0.1, 0.15) is 36.7 Å². The smallest absolute Gasteiger partial charge is 0.319 e. The first-order valence-corrected chi connectivity index (χ1v) is 9.36. The van der Waals surface area contributed by atoms with Crippen molar-refractivity contribution in [2.24, 2.45) is 5.92 Å². The van der Waals surface area contributed by atoms with Gasteiger partial charge in [-0.05, 0) is 43.7 Å². The zero-order chi connectivity index (χ0) is 16.4. The third-order valence-corrected chi connectivity index (χ3v) is 5.40. The Labute approximate surface area is 145 Å². The Balaban J connectivity index is 1.46. The topological polar surface area (TPSA) is 70.2 Å². The van der Waals surface area contributed by atoms with Gasteiger partial charge in [-0.1, -0.05) is 0 Å². The second kappa shape index (κ2) is 6.76. The van der Waals surface area contributed by atoms with E-state index in [1.54, 1.807) is 23.7 Å². The van der Waals surface area contributed by atoms with Crippen LogP contribution in [-0.2, 0) is 0 Å². The van der Waals surface area contributed by atoms with Crippen molar-refractivity contribution >= 4 is 28.9 Å². The van der Waals surface area contributed by atoms with Gasteiger partial charge >= 0.3 is 6.03 Å². The van der Waals surface area contributed by atoms with Gasteiger partial charge < -0.3 is 15.5 Å². The molecule has 1 atom stereocenters. The molecule has 7 heteroatoms. The largest absolute Gasteiger partial charge is 0.355 e. The average molecular weight is 343 g/mol. The molecule has 3 heterocycles. The van der Waals surface area contributed by atoms with Gasteiger partial charge in [-0.25, -0.2) is 14.8 Å². The monoisotopic (exact) mass is 343 g/mol. The fourth-order valence-electron chi connectivity index (χ4n) is 3.17. The van der Waals surface area contributed by atoms with E-state index in [2.05, 4.69) is 25.5 Å². The molecule has 2 amide bonds. The standard InChI is InChI=1S/C17H21N5OS/c23-17(21-14(12-5-6-12)16-19-8-11-24-16)20-13-4-3-7-18-15(13)22-9-1-2-10-22/h3-4,7-8,11-12,14H,1-2,5-6,9-10H2,(H2,20,21,23)/t14-/m0/s1. The van der Waals surface area contributed by atoms with Crippen LogP contribution in [0.4, 0.5) is 16.3 Å². The van der Waals surface area contributed by atoms with Gasteiger partial charge in [0.05, 0.1) is 11.7 Å². The summed E-state index contributed by atoms with van der Waals surface area (Å²) < 4.78 is 0. The minimum Gasteiger partial charge on any atom is -0.355 e. The molecule has 126 valence electrons. The van der Waals surface area contributed by atoms with Gasteiger partial charge in [0.1, 0.15) is 5.01 Å². The quantitative estimate of drug-likeness (QED) is 0.873. The van der Waals surface area contributed by atoms with E-state index in [0.29, 0.717) is 5.92 Å². The lowest BCUT2D eigenvalue weighted by Gasteiger charge is -2.21. The number of carbonyl (C=O) groups is 1. The van der Waals surface area contributed by atoms with Gasteiger partial charge in [-0.2, -0.15) is 0 Å². The molecule has 1 saturated heterocycles.